The summed E-state index contributed by atoms with van der Waals surface area (Å²) in [6.45, 7) is 5.46. The first-order valence-electron chi connectivity index (χ1n) is 5.58. The lowest BCUT2D eigenvalue weighted by Gasteiger charge is -2.05. The summed E-state index contributed by atoms with van der Waals surface area (Å²) in [5.41, 5.74) is 0. The Bertz CT molecular complexity index is 287. The second kappa shape index (κ2) is 8.52. The zero-order valence-corrected chi connectivity index (χ0v) is 10.8. The number of sulfone groups is 1. The maximum absolute atomic E-state index is 11.4. The lowest BCUT2D eigenvalue weighted by atomic mass is 10.4. The molecule has 96 valence electrons. The lowest BCUT2D eigenvalue weighted by molar-refractivity contribution is -0.139. The average Bonchev–Trinajstić information content (AvgIpc) is 2.16. The Balaban J connectivity index is 3.74. The zero-order chi connectivity index (χ0) is 12.4. The molecule has 0 aliphatic carbocycles. The van der Waals surface area contributed by atoms with Crippen LogP contribution >= 0.6 is 0 Å². The number of nitrogens with one attached hydrogen (secondary N) is 1. The molecule has 0 aromatic heterocycles. The molecule has 5 nitrogen and oxygen atoms in total. The van der Waals surface area contributed by atoms with Crippen LogP contribution in [0.15, 0.2) is 0 Å². The maximum Gasteiger partial charge on any atom is 0.321 e. The van der Waals surface area contributed by atoms with E-state index in [0.29, 0.717) is 13.0 Å². The first-order valence-corrected chi connectivity index (χ1v) is 7.40. The van der Waals surface area contributed by atoms with Crippen LogP contribution in [0.25, 0.3) is 0 Å². The van der Waals surface area contributed by atoms with E-state index in [1.54, 1.807) is 6.92 Å². The van der Waals surface area contributed by atoms with Crippen LogP contribution in [0.5, 0.6) is 0 Å². The van der Waals surface area contributed by atoms with Crippen LogP contribution in [-0.4, -0.2) is 45.6 Å². The molecule has 0 atom stereocenters. The largest absolute Gasteiger partial charge is 0.465 e. The lowest BCUT2D eigenvalue weighted by Crippen LogP contribution is -2.24. The van der Waals surface area contributed by atoms with Gasteiger partial charge in [-0.2, -0.15) is 0 Å². The van der Waals surface area contributed by atoms with Crippen molar-refractivity contribution in [3.05, 3.63) is 0 Å². The molecule has 0 aliphatic heterocycles. The highest BCUT2D eigenvalue weighted by molar-refractivity contribution is 7.92. The molecule has 1 N–H and O–H groups in total. The molecule has 0 radical (unpaired) electrons. The summed E-state index contributed by atoms with van der Waals surface area (Å²) in [6, 6.07) is 0. The molecule has 0 unspecified atom stereocenters. The van der Waals surface area contributed by atoms with Gasteiger partial charge in [0.1, 0.15) is 5.75 Å². The van der Waals surface area contributed by atoms with Gasteiger partial charge in [0.05, 0.1) is 12.4 Å². The van der Waals surface area contributed by atoms with Crippen LogP contribution in [0, 0.1) is 0 Å². The zero-order valence-electron chi connectivity index (χ0n) is 9.99. The molecule has 0 saturated heterocycles. The van der Waals surface area contributed by atoms with Crippen LogP contribution in [0.3, 0.4) is 0 Å². The summed E-state index contributed by atoms with van der Waals surface area (Å²) in [7, 11) is -3.30. The summed E-state index contributed by atoms with van der Waals surface area (Å²) in [5.74, 6) is -1.14. The highest BCUT2D eigenvalue weighted by Crippen LogP contribution is 1.95. The van der Waals surface area contributed by atoms with E-state index in [2.05, 4.69) is 10.1 Å². The highest BCUT2D eigenvalue weighted by atomic mass is 32.2. The van der Waals surface area contributed by atoms with Crippen molar-refractivity contribution in [2.45, 2.75) is 26.7 Å². The molecule has 0 fully saturated rings. The third-order valence-electron chi connectivity index (χ3n) is 1.88. The molecule has 0 bridgehead atoms. The minimum absolute atomic E-state index is 0.0303. The van der Waals surface area contributed by atoms with Crippen molar-refractivity contribution in [1.29, 1.82) is 0 Å². The van der Waals surface area contributed by atoms with Crippen molar-refractivity contribution < 1.29 is 17.9 Å². The van der Waals surface area contributed by atoms with Gasteiger partial charge in [-0.05, 0) is 32.9 Å². The van der Waals surface area contributed by atoms with Crippen molar-refractivity contribution >= 4 is 15.8 Å². The Morgan fingerprint density at radius 2 is 1.94 bits per heavy atom. The Morgan fingerprint density at radius 1 is 1.25 bits per heavy atom. The predicted molar refractivity (Wildman–Crippen MR) is 63.1 cm³/mol. The molecule has 0 spiro atoms. The number of ether oxygens (including phenoxy) is 1. The molecule has 6 heteroatoms. The fourth-order valence-corrected chi connectivity index (χ4v) is 2.34. The average molecular weight is 251 g/mol. The number of hydrogen-bond donors (Lipinski definition) is 1. The summed E-state index contributed by atoms with van der Waals surface area (Å²) in [6.07, 6.45) is 1.55. The van der Waals surface area contributed by atoms with Crippen molar-refractivity contribution in [3.8, 4) is 0 Å². The number of carbonyl (C=O) groups excluding carboxylic acids is 1. The molecule has 0 heterocycles. The standard InChI is InChI=1S/C10H21NO4S/c1-3-6-11-7-5-8-16(13,14)9-10(12)15-4-2/h11H,3-9H2,1-2H3. The minimum atomic E-state index is -3.30. The van der Waals surface area contributed by atoms with E-state index in [9.17, 15) is 13.2 Å². The summed E-state index contributed by atoms with van der Waals surface area (Å²) < 4.78 is 27.4. The number of rotatable bonds is 9. The van der Waals surface area contributed by atoms with Crippen molar-refractivity contribution in [2.75, 3.05) is 31.2 Å². The van der Waals surface area contributed by atoms with E-state index < -0.39 is 21.6 Å². The second-order valence-corrected chi connectivity index (χ2v) is 5.68. The van der Waals surface area contributed by atoms with E-state index in [0.717, 1.165) is 13.0 Å². The van der Waals surface area contributed by atoms with Crippen LogP contribution in [0.1, 0.15) is 26.7 Å². The molecule has 0 aromatic rings. The first kappa shape index (κ1) is 15.4. The topological polar surface area (TPSA) is 72.5 Å². The summed E-state index contributed by atoms with van der Waals surface area (Å²) in [5, 5.41) is 3.11. The van der Waals surface area contributed by atoms with E-state index >= 15 is 0 Å². The van der Waals surface area contributed by atoms with Gasteiger partial charge in [0.15, 0.2) is 9.84 Å². The molecule has 0 amide bonds. The van der Waals surface area contributed by atoms with Crippen LogP contribution in [0.2, 0.25) is 0 Å². The van der Waals surface area contributed by atoms with Gasteiger partial charge in [-0.3, -0.25) is 4.79 Å². The normalized spacial score (nSPS) is 11.4. The quantitative estimate of drug-likeness (QED) is 0.473. The Kier molecular flexibility index (Phi) is 8.19. The van der Waals surface area contributed by atoms with Crippen molar-refractivity contribution in [2.24, 2.45) is 0 Å². The van der Waals surface area contributed by atoms with E-state index in [1.165, 1.54) is 0 Å². The fraction of sp³-hybridized carbons (Fsp3) is 0.900. The van der Waals surface area contributed by atoms with Gasteiger partial charge < -0.3 is 10.1 Å². The van der Waals surface area contributed by atoms with Crippen molar-refractivity contribution in [1.82, 2.24) is 5.32 Å². The summed E-state index contributed by atoms with van der Waals surface area (Å²) >= 11 is 0. The molecule has 0 rings (SSSR count). The highest BCUT2D eigenvalue weighted by Gasteiger charge is 2.16. The Labute approximate surface area is 97.5 Å². The van der Waals surface area contributed by atoms with Gasteiger partial charge in [0.2, 0.25) is 0 Å². The third kappa shape index (κ3) is 8.67. The van der Waals surface area contributed by atoms with Gasteiger partial charge in [-0.15, -0.1) is 0 Å². The van der Waals surface area contributed by atoms with Crippen LogP contribution in [0.4, 0.5) is 0 Å². The van der Waals surface area contributed by atoms with Crippen LogP contribution < -0.4 is 5.32 Å². The smallest absolute Gasteiger partial charge is 0.321 e. The molecular formula is C10H21NO4S. The van der Waals surface area contributed by atoms with Gasteiger partial charge in [-0.1, -0.05) is 6.92 Å². The van der Waals surface area contributed by atoms with Gasteiger partial charge in [-0.25, -0.2) is 8.42 Å². The predicted octanol–water partition coefficient (Wildman–Crippen LogP) is 0.354. The third-order valence-corrected chi connectivity index (χ3v) is 3.46. The summed E-state index contributed by atoms with van der Waals surface area (Å²) in [4.78, 5) is 11.0. The molecule has 0 aliphatic rings. The number of carbonyl (C=O) groups is 1. The Hall–Kier alpha value is -0.620. The van der Waals surface area contributed by atoms with Gasteiger partial charge in [0, 0.05) is 0 Å². The number of esters is 1. The minimum Gasteiger partial charge on any atom is -0.465 e. The molecule has 0 saturated carbocycles. The SMILES string of the molecule is CCCNCCCS(=O)(=O)CC(=O)OCC. The van der Waals surface area contributed by atoms with Crippen LogP contribution in [-0.2, 0) is 19.4 Å². The Morgan fingerprint density at radius 3 is 2.50 bits per heavy atom. The number of hydrogen-bond acceptors (Lipinski definition) is 5. The fourth-order valence-electron chi connectivity index (χ4n) is 1.17. The molecule has 0 aromatic carbocycles. The molecule has 16 heavy (non-hydrogen) atoms. The van der Waals surface area contributed by atoms with E-state index in [4.69, 9.17) is 0 Å². The maximum atomic E-state index is 11.4. The molecular weight excluding hydrogens is 230 g/mol. The first-order chi connectivity index (χ1) is 7.52. The van der Waals surface area contributed by atoms with Gasteiger partial charge >= 0.3 is 5.97 Å². The monoisotopic (exact) mass is 251 g/mol. The van der Waals surface area contributed by atoms with E-state index in [-0.39, 0.29) is 12.4 Å². The van der Waals surface area contributed by atoms with E-state index in [1.807, 2.05) is 6.92 Å². The van der Waals surface area contributed by atoms with Gasteiger partial charge in [0.25, 0.3) is 0 Å². The van der Waals surface area contributed by atoms with Crippen molar-refractivity contribution in [3.63, 3.8) is 0 Å². The second-order valence-electron chi connectivity index (χ2n) is 3.50.